The number of hydrogen-bond acceptors (Lipinski definition) is 3. The molecular formula is C19H19F2N3O3. The molecule has 142 valence electrons. The second-order valence-corrected chi connectivity index (χ2v) is 5.79. The van der Waals surface area contributed by atoms with Gasteiger partial charge in [-0.1, -0.05) is 24.3 Å². The Morgan fingerprint density at radius 2 is 1.74 bits per heavy atom. The Hall–Kier alpha value is -3.29. The van der Waals surface area contributed by atoms with Gasteiger partial charge in [0.1, 0.15) is 6.04 Å². The molecule has 2 rings (SSSR count). The summed E-state index contributed by atoms with van der Waals surface area (Å²) in [6.07, 6.45) is 0. The van der Waals surface area contributed by atoms with Crippen LogP contribution in [0.5, 0.6) is 0 Å². The van der Waals surface area contributed by atoms with Crippen molar-refractivity contribution in [2.75, 3.05) is 13.6 Å². The molecule has 3 N–H and O–H groups in total. The monoisotopic (exact) mass is 375 g/mol. The van der Waals surface area contributed by atoms with Gasteiger partial charge in [0, 0.05) is 12.6 Å². The third kappa shape index (κ3) is 5.10. The molecule has 6 nitrogen and oxygen atoms in total. The maximum Gasteiger partial charge on any atom is 0.251 e. The third-order valence-corrected chi connectivity index (χ3v) is 3.89. The van der Waals surface area contributed by atoms with E-state index in [-0.39, 0.29) is 12.1 Å². The van der Waals surface area contributed by atoms with E-state index in [1.165, 1.54) is 13.1 Å². The lowest BCUT2D eigenvalue weighted by Crippen LogP contribution is -2.43. The van der Waals surface area contributed by atoms with Crippen molar-refractivity contribution in [3.05, 3.63) is 70.8 Å². The molecule has 3 amide bonds. The van der Waals surface area contributed by atoms with Crippen LogP contribution in [-0.4, -0.2) is 31.3 Å². The van der Waals surface area contributed by atoms with Gasteiger partial charge in [0.05, 0.1) is 6.54 Å². The molecular weight excluding hydrogens is 356 g/mol. The van der Waals surface area contributed by atoms with E-state index in [0.29, 0.717) is 5.56 Å². The van der Waals surface area contributed by atoms with E-state index in [1.54, 1.807) is 31.2 Å². The van der Waals surface area contributed by atoms with Gasteiger partial charge in [0.25, 0.3) is 5.91 Å². The van der Waals surface area contributed by atoms with Crippen molar-refractivity contribution in [1.29, 1.82) is 0 Å². The fraction of sp³-hybridized carbons (Fsp3) is 0.211. The van der Waals surface area contributed by atoms with Crippen LogP contribution in [0.25, 0.3) is 0 Å². The zero-order valence-corrected chi connectivity index (χ0v) is 14.8. The van der Waals surface area contributed by atoms with E-state index >= 15 is 0 Å². The molecule has 1 atom stereocenters. The minimum atomic E-state index is -1.23. The van der Waals surface area contributed by atoms with E-state index in [0.717, 1.165) is 17.7 Å². The predicted molar refractivity (Wildman–Crippen MR) is 94.8 cm³/mol. The van der Waals surface area contributed by atoms with Crippen LogP contribution >= 0.6 is 0 Å². The van der Waals surface area contributed by atoms with Gasteiger partial charge in [-0.25, -0.2) is 8.78 Å². The predicted octanol–water partition coefficient (Wildman–Crippen LogP) is 1.61. The molecule has 0 radical (unpaired) electrons. The number of likely N-dealkylation sites (N-methyl/N-ethyl adjacent to an activating group) is 1. The highest BCUT2D eigenvalue weighted by atomic mass is 19.2. The quantitative estimate of drug-likeness (QED) is 0.717. The maximum atomic E-state index is 13.4. The summed E-state index contributed by atoms with van der Waals surface area (Å²) in [6.45, 7) is 1.38. The first-order valence-electron chi connectivity index (χ1n) is 8.13. The molecule has 2 aromatic rings. The fourth-order valence-electron chi connectivity index (χ4n) is 2.43. The van der Waals surface area contributed by atoms with Gasteiger partial charge in [-0.2, -0.15) is 0 Å². The molecule has 0 spiro atoms. The Labute approximate surface area is 155 Å². The molecule has 0 aromatic heterocycles. The lowest BCUT2D eigenvalue weighted by molar-refractivity contribution is -0.128. The van der Waals surface area contributed by atoms with Crippen LogP contribution in [-0.2, 0) is 9.59 Å². The van der Waals surface area contributed by atoms with Gasteiger partial charge in [0.15, 0.2) is 11.6 Å². The summed E-state index contributed by atoms with van der Waals surface area (Å²) in [5.74, 6) is -3.91. The van der Waals surface area contributed by atoms with E-state index < -0.39 is 35.4 Å². The van der Waals surface area contributed by atoms with Gasteiger partial charge in [-0.05, 0) is 36.2 Å². The molecule has 8 heteroatoms. The average molecular weight is 375 g/mol. The zero-order chi connectivity index (χ0) is 20.0. The second-order valence-electron chi connectivity index (χ2n) is 5.79. The summed E-state index contributed by atoms with van der Waals surface area (Å²) < 4.78 is 26.5. The van der Waals surface area contributed by atoms with Gasteiger partial charge >= 0.3 is 0 Å². The Kier molecular flexibility index (Phi) is 6.59. The smallest absolute Gasteiger partial charge is 0.251 e. The summed E-state index contributed by atoms with van der Waals surface area (Å²) in [7, 11) is 1.35. The van der Waals surface area contributed by atoms with Crippen molar-refractivity contribution < 1.29 is 23.2 Å². The molecule has 0 aliphatic heterocycles. The normalized spacial score (nSPS) is 11.4. The summed E-state index contributed by atoms with van der Waals surface area (Å²) in [6, 6.07) is 8.55. The molecule has 27 heavy (non-hydrogen) atoms. The van der Waals surface area contributed by atoms with Crippen LogP contribution in [0.15, 0.2) is 42.5 Å². The minimum absolute atomic E-state index is 0.0758. The average Bonchev–Trinajstić information content (AvgIpc) is 2.66. The fourth-order valence-corrected chi connectivity index (χ4v) is 2.43. The summed E-state index contributed by atoms with van der Waals surface area (Å²) >= 11 is 0. The Balaban J connectivity index is 2.05. The van der Waals surface area contributed by atoms with E-state index in [1.807, 2.05) is 0 Å². The number of hydrogen-bond donors (Lipinski definition) is 3. The van der Waals surface area contributed by atoms with E-state index in [9.17, 15) is 23.2 Å². The summed E-state index contributed by atoms with van der Waals surface area (Å²) in [4.78, 5) is 36.3. The lowest BCUT2D eigenvalue weighted by Gasteiger charge is -2.18. The van der Waals surface area contributed by atoms with Crippen LogP contribution in [0.4, 0.5) is 8.78 Å². The Bertz CT molecular complexity index is 871. The number of amides is 3. The number of carbonyl (C=O) groups excluding carboxylic acids is 3. The topological polar surface area (TPSA) is 87.3 Å². The first-order chi connectivity index (χ1) is 12.8. The molecule has 0 fully saturated rings. The molecule has 0 heterocycles. The summed E-state index contributed by atoms with van der Waals surface area (Å²) in [5.41, 5.74) is 1.25. The van der Waals surface area contributed by atoms with Crippen LogP contribution in [0.2, 0.25) is 0 Å². The van der Waals surface area contributed by atoms with Crippen molar-refractivity contribution in [1.82, 2.24) is 16.0 Å². The van der Waals surface area contributed by atoms with Gasteiger partial charge in [0.2, 0.25) is 11.8 Å². The van der Waals surface area contributed by atoms with Crippen LogP contribution in [0.1, 0.15) is 27.5 Å². The van der Waals surface area contributed by atoms with Crippen molar-refractivity contribution in [3.8, 4) is 0 Å². The van der Waals surface area contributed by atoms with Crippen LogP contribution < -0.4 is 16.0 Å². The first-order valence-corrected chi connectivity index (χ1v) is 8.13. The minimum Gasteiger partial charge on any atom is -0.357 e. The molecule has 1 unspecified atom stereocenters. The highest BCUT2D eigenvalue weighted by Crippen LogP contribution is 2.17. The molecule has 0 aliphatic rings. The number of halogens is 2. The van der Waals surface area contributed by atoms with Crippen LogP contribution in [0.3, 0.4) is 0 Å². The first kappa shape index (κ1) is 20.0. The van der Waals surface area contributed by atoms with Gasteiger partial charge < -0.3 is 16.0 Å². The zero-order valence-electron chi connectivity index (χ0n) is 14.8. The molecule has 0 bridgehead atoms. The Morgan fingerprint density at radius 3 is 2.37 bits per heavy atom. The standard InChI is InChI=1S/C19H19F2N3O3/c1-11-5-3-4-6-13(11)18(26)23-10-16(25)24-17(19(27)22-2)12-7-8-14(20)15(21)9-12/h3-9,17H,10H2,1-2H3,(H,22,27)(H,23,26)(H,24,25). The second kappa shape index (κ2) is 8.88. The van der Waals surface area contributed by atoms with E-state index in [2.05, 4.69) is 16.0 Å². The number of carbonyl (C=O) groups is 3. The molecule has 0 aliphatic carbocycles. The molecule has 0 saturated heterocycles. The summed E-state index contributed by atoms with van der Waals surface area (Å²) in [5, 5.41) is 7.20. The number of nitrogens with one attached hydrogen (secondary N) is 3. The SMILES string of the molecule is CNC(=O)C(NC(=O)CNC(=O)c1ccccc1C)c1ccc(F)c(F)c1. The van der Waals surface area contributed by atoms with Gasteiger partial charge in [-0.3, -0.25) is 14.4 Å². The highest BCUT2D eigenvalue weighted by Gasteiger charge is 2.23. The van der Waals surface area contributed by atoms with Crippen molar-refractivity contribution in [2.45, 2.75) is 13.0 Å². The van der Waals surface area contributed by atoms with E-state index in [4.69, 9.17) is 0 Å². The maximum absolute atomic E-state index is 13.4. The van der Waals surface area contributed by atoms with Crippen LogP contribution in [0, 0.1) is 18.6 Å². The lowest BCUT2D eigenvalue weighted by atomic mass is 10.1. The molecule has 2 aromatic carbocycles. The van der Waals surface area contributed by atoms with Crippen molar-refractivity contribution in [3.63, 3.8) is 0 Å². The number of rotatable bonds is 6. The number of benzene rings is 2. The molecule has 0 saturated carbocycles. The van der Waals surface area contributed by atoms with Gasteiger partial charge in [-0.15, -0.1) is 0 Å². The third-order valence-electron chi connectivity index (χ3n) is 3.89. The highest BCUT2D eigenvalue weighted by molar-refractivity contribution is 5.98. The Morgan fingerprint density at radius 1 is 1.04 bits per heavy atom. The number of aryl methyl sites for hydroxylation is 1. The van der Waals surface area contributed by atoms with Crippen molar-refractivity contribution >= 4 is 17.7 Å². The van der Waals surface area contributed by atoms with Crippen molar-refractivity contribution in [2.24, 2.45) is 0 Å². The largest absolute Gasteiger partial charge is 0.357 e.